The van der Waals surface area contributed by atoms with Crippen molar-refractivity contribution < 1.29 is 18.7 Å². The molecule has 0 aliphatic rings. The Balaban J connectivity index is 1.87. The maximum Gasteiger partial charge on any atom is 0.262 e. The Bertz CT molecular complexity index is 629. The zero-order valence-corrected chi connectivity index (χ0v) is 11.4. The maximum absolute atomic E-state index is 13.2. The zero-order chi connectivity index (χ0) is 15.2. The van der Waals surface area contributed by atoms with E-state index in [1.165, 1.54) is 12.1 Å². The molecule has 3 N–H and O–H groups in total. The van der Waals surface area contributed by atoms with Gasteiger partial charge in [-0.25, -0.2) is 4.39 Å². The molecule has 0 aromatic heterocycles. The van der Waals surface area contributed by atoms with E-state index < -0.39 is 5.82 Å². The SMILES string of the molecule is COc1ccc(NC(=O)COc2ccc(N)c(F)c2)cc1. The highest BCUT2D eigenvalue weighted by molar-refractivity contribution is 5.91. The standard InChI is InChI=1S/C15H15FN2O3/c1-20-11-4-2-10(3-5-11)18-15(19)9-21-12-6-7-14(17)13(16)8-12/h2-8H,9,17H2,1H3,(H,18,19). The molecule has 0 bridgehead atoms. The third-order valence-electron chi connectivity index (χ3n) is 2.72. The van der Waals surface area contributed by atoms with E-state index in [0.29, 0.717) is 11.4 Å². The molecule has 2 aromatic carbocycles. The van der Waals surface area contributed by atoms with Crippen LogP contribution in [0.4, 0.5) is 15.8 Å². The first-order valence-corrected chi connectivity index (χ1v) is 6.20. The van der Waals surface area contributed by atoms with Gasteiger partial charge in [-0.05, 0) is 36.4 Å². The van der Waals surface area contributed by atoms with Gasteiger partial charge in [0.15, 0.2) is 6.61 Å². The number of ether oxygens (including phenoxy) is 2. The quantitative estimate of drug-likeness (QED) is 0.829. The van der Waals surface area contributed by atoms with Gasteiger partial charge in [0.05, 0.1) is 12.8 Å². The molecule has 1 amide bonds. The Morgan fingerprint density at radius 2 is 1.86 bits per heavy atom. The Morgan fingerprint density at radius 3 is 2.48 bits per heavy atom. The molecule has 0 unspecified atom stereocenters. The van der Waals surface area contributed by atoms with Gasteiger partial charge in [0, 0.05) is 11.8 Å². The summed E-state index contributed by atoms with van der Waals surface area (Å²) in [7, 11) is 1.56. The summed E-state index contributed by atoms with van der Waals surface area (Å²) < 4.78 is 23.4. The van der Waals surface area contributed by atoms with Crippen LogP contribution in [0.1, 0.15) is 0 Å². The van der Waals surface area contributed by atoms with Crippen molar-refractivity contribution in [1.82, 2.24) is 0 Å². The molecule has 0 atom stereocenters. The van der Waals surface area contributed by atoms with Crippen LogP contribution in [0.3, 0.4) is 0 Å². The number of rotatable bonds is 5. The number of hydrogen-bond donors (Lipinski definition) is 2. The number of carbonyl (C=O) groups excluding carboxylic acids is 1. The van der Waals surface area contributed by atoms with Gasteiger partial charge in [0.1, 0.15) is 17.3 Å². The summed E-state index contributed by atoms with van der Waals surface area (Å²) in [6, 6.07) is 10.9. The van der Waals surface area contributed by atoms with Crippen LogP contribution in [0.25, 0.3) is 0 Å². The summed E-state index contributed by atoms with van der Waals surface area (Å²) in [5.74, 6) is 0.00800. The number of hydrogen-bond acceptors (Lipinski definition) is 4. The average Bonchev–Trinajstić information content (AvgIpc) is 2.49. The van der Waals surface area contributed by atoms with Gasteiger partial charge < -0.3 is 20.5 Å². The van der Waals surface area contributed by atoms with Gasteiger partial charge in [-0.15, -0.1) is 0 Å². The Hall–Kier alpha value is -2.76. The van der Waals surface area contributed by atoms with E-state index in [2.05, 4.69) is 5.32 Å². The van der Waals surface area contributed by atoms with E-state index >= 15 is 0 Å². The molecule has 0 aliphatic heterocycles. The third kappa shape index (κ3) is 4.10. The first-order chi connectivity index (χ1) is 10.1. The number of anilines is 2. The summed E-state index contributed by atoms with van der Waals surface area (Å²) in [4.78, 5) is 11.7. The van der Waals surface area contributed by atoms with Gasteiger partial charge in [0.25, 0.3) is 5.91 Å². The minimum Gasteiger partial charge on any atom is -0.497 e. The van der Waals surface area contributed by atoms with Crippen molar-refractivity contribution >= 4 is 17.3 Å². The molecular formula is C15H15FN2O3. The lowest BCUT2D eigenvalue weighted by Gasteiger charge is -2.08. The van der Waals surface area contributed by atoms with Gasteiger partial charge in [-0.2, -0.15) is 0 Å². The number of nitrogen functional groups attached to an aromatic ring is 1. The summed E-state index contributed by atoms with van der Waals surface area (Å²) in [5.41, 5.74) is 6.00. The van der Waals surface area contributed by atoms with Crippen molar-refractivity contribution in [3.63, 3.8) is 0 Å². The topological polar surface area (TPSA) is 73.6 Å². The largest absolute Gasteiger partial charge is 0.497 e. The molecule has 0 aliphatic carbocycles. The second kappa shape index (κ2) is 6.60. The number of amides is 1. The lowest BCUT2D eigenvalue weighted by molar-refractivity contribution is -0.118. The molecule has 2 aromatic rings. The fourth-order valence-electron chi connectivity index (χ4n) is 1.62. The monoisotopic (exact) mass is 290 g/mol. The normalized spacial score (nSPS) is 10.0. The smallest absolute Gasteiger partial charge is 0.262 e. The predicted octanol–water partition coefficient (Wildman–Crippen LogP) is 2.43. The molecule has 0 spiro atoms. The molecule has 110 valence electrons. The van der Waals surface area contributed by atoms with Gasteiger partial charge >= 0.3 is 0 Å². The fraction of sp³-hybridized carbons (Fsp3) is 0.133. The van der Waals surface area contributed by atoms with Crippen molar-refractivity contribution in [3.05, 3.63) is 48.3 Å². The summed E-state index contributed by atoms with van der Waals surface area (Å²) in [5, 5.41) is 2.65. The van der Waals surface area contributed by atoms with Crippen molar-refractivity contribution in [1.29, 1.82) is 0 Å². The van der Waals surface area contributed by atoms with Crippen LogP contribution < -0.4 is 20.5 Å². The fourth-order valence-corrected chi connectivity index (χ4v) is 1.62. The number of nitrogens with one attached hydrogen (secondary N) is 1. The number of methoxy groups -OCH3 is 1. The van der Waals surface area contributed by atoms with Crippen LogP contribution in [0.2, 0.25) is 0 Å². The van der Waals surface area contributed by atoms with Crippen molar-refractivity contribution in [2.24, 2.45) is 0 Å². The Morgan fingerprint density at radius 1 is 1.19 bits per heavy atom. The van der Waals surface area contributed by atoms with Gasteiger partial charge in [-0.3, -0.25) is 4.79 Å². The lowest BCUT2D eigenvalue weighted by Crippen LogP contribution is -2.20. The molecular weight excluding hydrogens is 275 g/mol. The summed E-state index contributed by atoms with van der Waals surface area (Å²) in [6.45, 7) is -0.227. The predicted molar refractivity (Wildman–Crippen MR) is 77.9 cm³/mol. The van der Waals surface area contributed by atoms with Gasteiger partial charge in [-0.1, -0.05) is 0 Å². The Labute approximate surface area is 121 Å². The molecule has 0 fully saturated rings. The van der Waals surface area contributed by atoms with Crippen LogP contribution in [0.15, 0.2) is 42.5 Å². The molecule has 2 rings (SSSR count). The minimum absolute atomic E-state index is 0.0324. The average molecular weight is 290 g/mol. The molecule has 0 saturated heterocycles. The molecule has 5 nitrogen and oxygen atoms in total. The highest BCUT2D eigenvalue weighted by Crippen LogP contribution is 2.18. The number of halogens is 1. The van der Waals surface area contributed by atoms with Crippen LogP contribution in [-0.4, -0.2) is 19.6 Å². The van der Waals surface area contributed by atoms with E-state index in [-0.39, 0.29) is 24.0 Å². The molecule has 6 heteroatoms. The van der Waals surface area contributed by atoms with Crippen LogP contribution in [-0.2, 0) is 4.79 Å². The first kappa shape index (κ1) is 14.6. The van der Waals surface area contributed by atoms with Gasteiger partial charge in [0.2, 0.25) is 0 Å². The van der Waals surface area contributed by atoms with E-state index in [0.717, 1.165) is 6.07 Å². The van der Waals surface area contributed by atoms with E-state index in [1.54, 1.807) is 31.4 Å². The van der Waals surface area contributed by atoms with Crippen LogP contribution >= 0.6 is 0 Å². The molecule has 0 radical (unpaired) electrons. The number of carbonyl (C=O) groups is 1. The summed E-state index contributed by atoms with van der Waals surface area (Å²) in [6.07, 6.45) is 0. The summed E-state index contributed by atoms with van der Waals surface area (Å²) >= 11 is 0. The third-order valence-corrected chi connectivity index (χ3v) is 2.72. The van der Waals surface area contributed by atoms with E-state index in [1.807, 2.05) is 0 Å². The van der Waals surface area contributed by atoms with E-state index in [9.17, 15) is 9.18 Å². The number of nitrogens with two attached hydrogens (primary N) is 1. The van der Waals surface area contributed by atoms with Crippen molar-refractivity contribution in [2.75, 3.05) is 24.8 Å². The molecule has 21 heavy (non-hydrogen) atoms. The zero-order valence-electron chi connectivity index (χ0n) is 11.4. The lowest BCUT2D eigenvalue weighted by atomic mass is 10.3. The van der Waals surface area contributed by atoms with Crippen molar-refractivity contribution in [3.8, 4) is 11.5 Å². The maximum atomic E-state index is 13.2. The van der Waals surface area contributed by atoms with Crippen LogP contribution in [0.5, 0.6) is 11.5 Å². The Kier molecular flexibility index (Phi) is 4.61. The second-order valence-corrected chi connectivity index (χ2v) is 4.25. The first-order valence-electron chi connectivity index (χ1n) is 6.20. The second-order valence-electron chi connectivity index (χ2n) is 4.25. The van der Waals surface area contributed by atoms with Crippen LogP contribution in [0, 0.1) is 5.82 Å². The number of benzene rings is 2. The van der Waals surface area contributed by atoms with Crippen molar-refractivity contribution in [2.45, 2.75) is 0 Å². The highest BCUT2D eigenvalue weighted by atomic mass is 19.1. The molecule has 0 saturated carbocycles. The van der Waals surface area contributed by atoms with E-state index in [4.69, 9.17) is 15.2 Å². The minimum atomic E-state index is -0.580. The highest BCUT2D eigenvalue weighted by Gasteiger charge is 2.06. The molecule has 0 heterocycles.